The van der Waals surface area contributed by atoms with E-state index in [-0.39, 0.29) is 17.7 Å². The van der Waals surface area contributed by atoms with E-state index in [4.69, 9.17) is 4.98 Å². The van der Waals surface area contributed by atoms with Crippen molar-refractivity contribution in [1.29, 1.82) is 0 Å². The molecule has 1 atom stereocenters. The van der Waals surface area contributed by atoms with Gasteiger partial charge in [0.25, 0.3) is 0 Å². The number of amides is 1. The normalized spacial score (nSPS) is 17.4. The molecule has 0 bridgehead atoms. The SMILES string of the molecule is CC(=O)N1CCCC(c2cc(Nc3cc(C)ccn3)nc(C(C)C)n2)C1. The third kappa shape index (κ3) is 4.36. The van der Waals surface area contributed by atoms with Crippen molar-refractivity contribution in [2.75, 3.05) is 18.4 Å². The first kappa shape index (κ1) is 18.3. The van der Waals surface area contributed by atoms with Gasteiger partial charge in [-0.1, -0.05) is 13.8 Å². The van der Waals surface area contributed by atoms with E-state index in [9.17, 15) is 4.79 Å². The minimum absolute atomic E-state index is 0.134. The van der Waals surface area contributed by atoms with Gasteiger partial charge in [0, 0.05) is 44.1 Å². The van der Waals surface area contributed by atoms with Crippen molar-refractivity contribution in [2.45, 2.75) is 52.4 Å². The lowest BCUT2D eigenvalue weighted by Crippen LogP contribution is -2.38. The molecule has 1 fully saturated rings. The number of aryl methyl sites for hydroxylation is 1. The second-order valence-corrected chi connectivity index (χ2v) is 7.34. The van der Waals surface area contributed by atoms with Gasteiger partial charge in [0.1, 0.15) is 17.5 Å². The smallest absolute Gasteiger partial charge is 0.219 e. The van der Waals surface area contributed by atoms with Crippen molar-refractivity contribution in [2.24, 2.45) is 0 Å². The maximum Gasteiger partial charge on any atom is 0.219 e. The highest BCUT2D eigenvalue weighted by Gasteiger charge is 2.25. The fourth-order valence-corrected chi connectivity index (χ4v) is 3.26. The first-order valence-corrected chi connectivity index (χ1v) is 9.26. The summed E-state index contributed by atoms with van der Waals surface area (Å²) in [4.78, 5) is 27.5. The number of carbonyl (C=O) groups excluding carboxylic acids is 1. The van der Waals surface area contributed by atoms with Gasteiger partial charge in [0.2, 0.25) is 5.91 Å². The Hall–Kier alpha value is -2.50. The van der Waals surface area contributed by atoms with Gasteiger partial charge in [-0.15, -0.1) is 0 Å². The van der Waals surface area contributed by atoms with Crippen LogP contribution in [-0.2, 0) is 4.79 Å². The van der Waals surface area contributed by atoms with E-state index >= 15 is 0 Å². The van der Waals surface area contributed by atoms with Gasteiger partial charge in [-0.25, -0.2) is 15.0 Å². The van der Waals surface area contributed by atoms with Crippen molar-refractivity contribution in [3.63, 3.8) is 0 Å². The van der Waals surface area contributed by atoms with Crippen molar-refractivity contribution in [1.82, 2.24) is 19.9 Å². The van der Waals surface area contributed by atoms with Gasteiger partial charge in [0.15, 0.2) is 0 Å². The molecule has 0 aromatic carbocycles. The Kier molecular flexibility index (Phi) is 5.49. The number of nitrogens with one attached hydrogen (secondary N) is 1. The lowest BCUT2D eigenvalue weighted by molar-refractivity contribution is -0.130. The molecule has 0 radical (unpaired) electrons. The fraction of sp³-hybridized carbons (Fsp3) is 0.500. The fourth-order valence-electron chi connectivity index (χ4n) is 3.26. The van der Waals surface area contributed by atoms with Crippen molar-refractivity contribution in [3.05, 3.63) is 41.5 Å². The number of rotatable bonds is 4. The number of carbonyl (C=O) groups is 1. The van der Waals surface area contributed by atoms with Gasteiger partial charge in [-0.05, 0) is 37.5 Å². The Bertz CT molecular complexity index is 790. The molecular formula is C20H27N5O. The number of anilines is 2. The van der Waals surface area contributed by atoms with Crippen LogP contribution in [-0.4, -0.2) is 38.8 Å². The molecule has 26 heavy (non-hydrogen) atoms. The van der Waals surface area contributed by atoms with Crippen LogP contribution in [0.5, 0.6) is 0 Å². The molecule has 0 spiro atoms. The number of hydrogen-bond donors (Lipinski definition) is 1. The average molecular weight is 353 g/mol. The largest absolute Gasteiger partial charge is 0.342 e. The van der Waals surface area contributed by atoms with Crippen LogP contribution < -0.4 is 5.32 Å². The maximum atomic E-state index is 11.8. The molecule has 0 aliphatic carbocycles. The molecular weight excluding hydrogens is 326 g/mol. The topological polar surface area (TPSA) is 71.0 Å². The summed E-state index contributed by atoms with van der Waals surface area (Å²) < 4.78 is 0. The van der Waals surface area contributed by atoms with E-state index in [0.29, 0.717) is 0 Å². The van der Waals surface area contributed by atoms with Crippen molar-refractivity contribution < 1.29 is 4.79 Å². The van der Waals surface area contributed by atoms with Crippen LogP contribution in [0.3, 0.4) is 0 Å². The monoisotopic (exact) mass is 353 g/mol. The van der Waals surface area contributed by atoms with Gasteiger partial charge in [-0.3, -0.25) is 4.79 Å². The molecule has 6 nitrogen and oxygen atoms in total. The average Bonchev–Trinajstić information content (AvgIpc) is 2.61. The summed E-state index contributed by atoms with van der Waals surface area (Å²) in [6, 6.07) is 5.97. The second-order valence-electron chi connectivity index (χ2n) is 7.34. The van der Waals surface area contributed by atoms with E-state index < -0.39 is 0 Å². The summed E-state index contributed by atoms with van der Waals surface area (Å²) in [5.74, 6) is 2.97. The molecule has 6 heteroatoms. The zero-order chi connectivity index (χ0) is 18.7. The van der Waals surface area contributed by atoms with Crippen LogP contribution >= 0.6 is 0 Å². The summed E-state index contributed by atoms with van der Waals surface area (Å²) in [5, 5.41) is 3.31. The van der Waals surface area contributed by atoms with E-state index in [0.717, 1.165) is 54.6 Å². The highest BCUT2D eigenvalue weighted by atomic mass is 16.2. The van der Waals surface area contributed by atoms with Crippen LogP contribution in [0, 0.1) is 6.92 Å². The molecule has 1 amide bonds. The molecule has 3 heterocycles. The Morgan fingerprint density at radius 3 is 2.77 bits per heavy atom. The van der Waals surface area contributed by atoms with Gasteiger partial charge >= 0.3 is 0 Å². The highest BCUT2D eigenvalue weighted by Crippen LogP contribution is 2.28. The summed E-state index contributed by atoms with van der Waals surface area (Å²) in [7, 11) is 0. The van der Waals surface area contributed by atoms with Gasteiger partial charge in [0.05, 0.1) is 5.69 Å². The predicted molar refractivity (Wildman–Crippen MR) is 103 cm³/mol. The molecule has 1 aliphatic heterocycles. The Balaban J connectivity index is 1.90. The molecule has 1 saturated heterocycles. The zero-order valence-electron chi connectivity index (χ0n) is 16.0. The summed E-state index contributed by atoms with van der Waals surface area (Å²) in [6.45, 7) is 9.43. The minimum atomic E-state index is 0.134. The van der Waals surface area contributed by atoms with Crippen LogP contribution in [0.2, 0.25) is 0 Å². The first-order valence-electron chi connectivity index (χ1n) is 9.26. The van der Waals surface area contributed by atoms with Gasteiger partial charge < -0.3 is 10.2 Å². The number of pyridine rings is 1. The Labute approximate surface area is 155 Å². The second kappa shape index (κ2) is 7.81. The molecule has 1 aliphatic rings. The summed E-state index contributed by atoms with van der Waals surface area (Å²) >= 11 is 0. The zero-order valence-corrected chi connectivity index (χ0v) is 16.0. The summed E-state index contributed by atoms with van der Waals surface area (Å²) in [6.07, 6.45) is 3.84. The number of nitrogens with zero attached hydrogens (tertiary/aromatic N) is 4. The van der Waals surface area contributed by atoms with Crippen LogP contribution in [0.15, 0.2) is 24.4 Å². The highest BCUT2D eigenvalue weighted by molar-refractivity contribution is 5.73. The first-order chi connectivity index (χ1) is 12.4. The summed E-state index contributed by atoms with van der Waals surface area (Å²) in [5.41, 5.74) is 2.15. The van der Waals surface area contributed by atoms with Crippen molar-refractivity contribution >= 4 is 17.5 Å². The van der Waals surface area contributed by atoms with Crippen LogP contribution in [0.1, 0.15) is 62.5 Å². The van der Waals surface area contributed by atoms with Crippen molar-refractivity contribution in [3.8, 4) is 0 Å². The molecule has 2 aromatic rings. The van der Waals surface area contributed by atoms with E-state index in [1.807, 2.05) is 30.0 Å². The van der Waals surface area contributed by atoms with Crippen LogP contribution in [0.25, 0.3) is 0 Å². The molecule has 1 N–H and O–H groups in total. The number of piperidine rings is 1. The number of likely N-dealkylation sites (tertiary alicyclic amines) is 1. The molecule has 0 saturated carbocycles. The van der Waals surface area contributed by atoms with Gasteiger partial charge in [-0.2, -0.15) is 0 Å². The molecule has 138 valence electrons. The lowest BCUT2D eigenvalue weighted by atomic mass is 9.94. The number of hydrogen-bond acceptors (Lipinski definition) is 5. The standard InChI is InChI=1S/C20H27N5O/c1-13(2)20-22-17(16-6-5-9-25(12-16)15(4)26)11-19(24-20)23-18-10-14(3)7-8-21-18/h7-8,10-11,13,16H,5-6,9,12H2,1-4H3,(H,21,22,23,24). The predicted octanol–water partition coefficient (Wildman–Crippen LogP) is 3.77. The van der Waals surface area contributed by atoms with E-state index in [1.165, 1.54) is 0 Å². The molecule has 3 rings (SSSR count). The maximum absolute atomic E-state index is 11.8. The minimum Gasteiger partial charge on any atom is -0.342 e. The third-order valence-corrected chi connectivity index (χ3v) is 4.74. The third-order valence-electron chi connectivity index (χ3n) is 4.74. The quantitative estimate of drug-likeness (QED) is 0.906. The number of aromatic nitrogens is 3. The Morgan fingerprint density at radius 2 is 2.08 bits per heavy atom. The molecule has 2 aromatic heterocycles. The van der Waals surface area contributed by atoms with E-state index in [1.54, 1.807) is 13.1 Å². The molecule has 1 unspecified atom stereocenters. The van der Waals surface area contributed by atoms with Crippen LogP contribution in [0.4, 0.5) is 11.6 Å². The Morgan fingerprint density at radius 1 is 1.27 bits per heavy atom. The lowest BCUT2D eigenvalue weighted by Gasteiger charge is -2.32. The van der Waals surface area contributed by atoms with E-state index in [2.05, 4.69) is 29.1 Å².